The lowest BCUT2D eigenvalue weighted by atomic mass is 9.92. The highest BCUT2D eigenvalue weighted by molar-refractivity contribution is 5.85. The first kappa shape index (κ1) is 11.5. The predicted octanol–water partition coefficient (Wildman–Crippen LogP) is 3.74. The topological polar surface area (TPSA) is 32.9 Å². The number of aromatic nitrogens is 1. The number of aryl methyl sites for hydroxylation is 2. The van der Waals surface area contributed by atoms with E-state index in [1.54, 1.807) is 0 Å². The fraction of sp³-hybridized carbons (Fsp3) is 0.438. The zero-order valence-corrected chi connectivity index (χ0v) is 10.8. The first-order valence-corrected chi connectivity index (χ1v) is 6.86. The second-order valence-electron chi connectivity index (χ2n) is 5.40. The van der Waals surface area contributed by atoms with Crippen LogP contribution in [-0.4, -0.2) is 11.3 Å². The number of aldehydes is 1. The highest BCUT2D eigenvalue weighted by Gasteiger charge is 2.16. The molecule has 0 aliphatic heterocycles. The van der Waals surface area contributed by atoms with E-state index >= 15 is 0 Å². The molecular formula is C16H19NO. The molecule has 1 aliphatic carbocycles. The van der Waals surface area contributed by atoms with Crippen molar-refractivity contribution in [2.75, 3.05) is 0 Å². The van der Waals surface area contributed by atoms with Crippen molar-refractivity contribution in [1.29, 1.82) is 0 Å². The van der Waals surface area contributed by atoms with Gasteiger partial charge in [-0.1, -0.05) is 13.0 Å². The molecule has 2 nitrogen and oxygen atoms in total. The van der Waals surface area contributed by atoms with E-state index in [2.05, 4.69) is 30.1 Å². The van der Waals surface area contributed by atoms with E-state index in [-0.39, 0.29) is 0 Å². The normalized spacial score (nSPS) is 16.5. The second-order valence-corrected chi connectivity index (χ2v) is 5.40. The van der Waals surface area contributed by atoms with Crippen molar-refractivity contribution in [1.82, 2.24) is 4.98 Å². The van der Waals surface area contributed by atoms with Crippen LogP contribution < -0.4 is 0 Å². The minimum absolute atomic E-state index is 0.320. The van der Waals surface area contributed by atoms with Gasteiger partial charge in [0.15, 0.2) is 0 Å². The van der Waals surface area contributed by atoms with E-state index < -0.39 is 0 Å². The fourth-order valence-corrected chi connectivity index (χ4v) is 3.01. The van der Waals surface area contributed by atoms with E-state index in [9.17, 15) is 4.79 Å². The monoisotopic (exact) mass is 241 g/mol. The Kier molecular flexibility index (Phi) is 2.94. The lowest BCUT2D eigenvalue weighted by Gasteiger charge is -2.11. The molecular weight excluding hydrogens is 222 g/mol. The molecule has 1 aromatic carbocycles. The highest BCUT2D eigenvalue weighted by atomic mass is 16.1. The van der Waals surface area contributed by atoms with Crippen molar-refractivity contribution in [3.05, 3.63) is 35.0 Å². The molecule has 3 rings (SSSR count). The number of benzene rings is 1. The van der Waals surface area contributed by atoms with Gasteiger partial charge in [0.25, 0.3) is 0 Å². The Morgan fingerprint density at radius 3 is 3.00 bits per heavy atom. The van der Waals surface area contributed by atoms with Crippen LogP contribution in [0.1, 0.15) is 48.9 Å². The summed E-state index contributed by atoms with van der Waals surface area (Å²) in [4.78, 5) is 14.2. The molecule has 0 amide bonds. The number of fused-ring (bicyclic) bond motifs is 3. The maximum Gasteiger partial charge on any atom is 0.120 e. The quantitative estimate of drug-likeness (QED) is 0.816. The molecule has 0 bridgehead atoms. The molecule has 1 N–H and O–H groups in total. The minimum atomic E-state index is 0.320. The Morgan fingerprint density at radius 1 is 1.33 bits per heavy atom. The van der Waals surface area contributed by atoms with Gasteiger partial charge >= 0.3 is 0 Å². The van der Waals surface area contributed by atoms with Crippen LogP contribution in [0.5, 0.6) is 0 Å². The number of aromatic amines is 1. The molecule has 0 saturated carbocycles. The maximum atomic E-state index is 10.6. The zero-order valence-electron chi connectivity index (χ0n) is 10.8. The summed E-state index contributed by atoms with van der Waals surface area (Å²) in [6.45, 7) is 2.12. The van der Waals surface area contributed by atoms with Crippen molar-refractivity contribution in [3.8, 4) is 0 Å². The minimum Gasteiger partial charge on any atom is -0.358 e. The third kappa shape index (κ3) is 1.86. The van der Waals surface area contributed by atoms with Crippen LogP contribution >= 0.6 is 0 Å². The SMILES string of the molecule is CC(CC=O)c1ccc2[nH]c3c(c2c1)CCCC3. The van der Waals surface area contributed by atoms with E-state index in [1.165, 1.54) is 53.4 Å². The lowest BCUT2D eigenvalue weighted by molar-refractivity contribution is -0.108. The van der Waals surface area contributed by atoms with Crippen molar-refractivity contribution in [3.63, 3.8) is 0 Å². The van der Waals surface area contributed by atoms with Crippen molar-refractivity contribution in [2.45, 2.75) is 44.9 Å². The van der Waals surface area contributed by atoms with Crippen LogP contribution in [0, 0.1) is 0 Å². The van der Waals surface area contributed by atoms with Crippen molar-refractivity contribution >= 4 is 17.2 Å². The number of hydrogen-bond donors (Lipinski definition) is 1. The fourth-order valence-electron chi connectivity index (χ4n) is 3.01. The smallest absolute Gasteiger partial charge is 0.120 e. The molecule has 2 aromatic rings. The number of hydrogen-bond acceptors (Lipinski definition) is 1. The number of rotatable bonds is 3. The Labute approximate surface area is 107 Å². The van der Waals surface area contributed by atoms with Gasteiger partial charge in [0, 0.05) is 23.0 Å². The van der Waals surface area contributed by atoms with Crippen molar-refractivity contribution in [2.24, 2.45) is 0 Å². The average Bonchev–Trinajstić information content (AvgIpc) is 2.76. The van der Waals surface area contributed by atoms with Crippen LogP contribution in [0.15, 0.2) is 18.2 Å². The number of carbonyl (C=O) groups is 1. The molecule has 0 saturated heterocycles. The van der Waals surface area contributed by atoms with Gasteiger partial charge < -0.3 is 9.78 Å². The summed E-state index contributed by atoms with van der Waals surface area (Å²) in [6, 6.07) is 6.60. The first-order chi connectivity index (χ1) is 8.79. The first-order valence-electron chi connectivity index (χ1n) is 6.86. The van der Waals surface area contributed by atoms with Gasteiger partial charge in [-0.15, -0.1) is 0 Å². The third-order valence-electron chi connectivity index (χ3n) is 4.14. The van der Waals surface area contributed by atoms with Crippen LogP contribution in [0.3, 0.4) is 0 Å². The zero-order chi connectivity index (χ0) is 12.5. The molecule has 1 heterocycles. The summed E-state index contributed by atoms with van der Waals surface area (Å²) in [5.41, 5.74) is 5.47. The summed E-state index contributed by atoms with van der Waals surface area (Å²) in [5, 5.41) is 1.37. The molecule has 94 valence electrons. The van der Waals surface area contributed by atoms with E-state index in [0.29, 0.717) is 12.3 Å². The van der Waals surface area contributed by atoms with Gasteiger partial charge in [-0.05, 0) is 54.9 Å². The molecule has 18 heavy (non-hydrogen) atoms. The lowest BCUT2D eigenvalue weighted by Crippen LogP contribution is -2.00. The van der Waals surface area contributed by atoms with Gasteiger partial charge in [0.05, 0.1) is 0 Å². The molecule has 0 spiro atoms. The van der Waals surface area contributed by atoms with Crippen LogP contribution in [0.4, 0.5) is 0 Å². The summed E-state index contributed by atoms with van der Waals surface area (Å²) in [7, 11) is 0. The van der Waals surface area contributed by atoms with Gasteiger partial charge in [-0.3, -0.25) is 0 Å². The largest absolute Gasteiger partial charge is 0.358 e. The van der Waals surface area contributed by atoms with Crippen LogP contribution in [0.2, 0.25) is 0 Å². The standard InChI is InChI=1S/C16H19NO/c1-11(8-9-18)12-6-7-16-14(10-12)13-4-2-3-5-15(13)17-16/h6-7,9-11,17H,2-5,8H2,1H3. The Morgan fingerprint density at radius 2 is 2.17 bits per heavy atom. The summed E-state index contributed by atoms with van der Waals surface area (Å²) < 4.78 is 0. The van der Waals surface area contributed by atoms with Gasteiger partial charge in [-0.25, -0.2) is 0 Å². The number of carbonyl (C=O) groups excluding carboxylic acids is 1. The summed E-state index contributed by atoms with van der Waals surface area (Å²) >= 11 is 0. The average molecular weight is 241 g/mol. The molecule has 1 unspecified atom stereocenters. The van der Waals surface area contributed by atoms with Crippen LogP contribution in [-0.2, 0) is 17.6 Å². The summed E-state index contributed by atoms with van der Waals surface area (Å²) in [6.07, 6.45) is 6.60. The van der Waals surface area contributed by atoms with E-state index in [4.69, 9.17) is 0 Å². The predicted molar refractivity (Wildman–Crippen MR) is 74.0 cm³/mol. The molecule has 1 aliphatic rings. The van der Waals surface area contributed by atoms with E-state index in [0.717, 1.165) is 6.29 Å². The second kappa shape index (κ2) is 4.60. The van der Waals surface area contributed by atoms with Gasteiger partial charge in [0.1, 0.15) is 6.29 Å². The summed E-state index contributed by atoms with van der Waals surface area (Å²) in [5.74, 6) is 0.320. The van der Waals surface area contributed by atoms with Gasteiger partial charge in [-0.2, -0.15) is 0 Å². The van der Waals surface area contributed by atoms with Crippen molar-refractivity contribution < 1.29 is 4.79 Å². The van der Waals surface area contributed by atoms with Gasteiger partial charge in [0.2, 0.25) is 0 Å². The highest BCUT2D eigenvalue weighted by Crippen LogP contribution is 2.31. The Balaban J connectivity index is 2.07. The molecule has 1 aromatic heterocycles. The molecule has 0 radical (unpaired) electrons. The maximum absolute atomic E-state index is 10.6. The molecule has 1 atom stereocenters. The number of H-pyrrole nitrogens is 1. The third-order valence-corrected chi connectivity index (χ3v) is 4.14. The van der Waals surface area contributed by atoms with E-state index in [1.807, 2.05) is 0 Å². The number of nitrogens with one attached hydrogen (secondary N) is 1. The molecule has 0 fully saturated rings. The van der Waals surface area contributed by atoms with Crippen LogP contribution in [0.25, 0.3) is 10.9 Å². The Hall–Kier alpha value is -1.57. The Bertz CT molecular complexity index is 582. The molecule has 2 heteroatoms.